The first kappa shape index (κ1) is 29.7. The molecule has 1 saturated heterocycles. The molecule has 2 aliphatic heterocycles. The van der Waals surface area contributed by atoms with Gasteiger partial charge in [0.2, 0.25) is 0 Å². The van der Waals surface area contributed by atoms with Gasteiger partial charge in [-0.2, -0.15) is 4.98 Å². The maximum atomic E-state index is 13.3. The van der Waals surface area contributed by atoms with E-state index >= 15 is 0 Å². The van der Waals surface area contributed by atoms with Crippen molar-refractivity contribution in [2.24, 2.45) is 4.99 Å². The van der Waals surface area contributed by atoms with Crippen molar-refractivity contribution in [3.05, 3.63) is 83.4 Å². The van der Waals surface area contributed by atoms with E-state index in [1.165, 1.54) is 0 Å². The number of para-hydroxylation sites is 1. The third-order valence-corrected chi connectivity index (χ3v) is 7.34. The lowest BCUT2D eigenvalue weighted by molar-refractivity contribution is -0.211. The van der Waals surface area contributed by atoms with E-state index < -0.39 is 31.1 Å². The van der Waals surface area contributed by atoms with Gasteiger partial charge in [0.15, 0.2) is 5.84 Å². The molecule has 0 aliphatic carbocycles. The second-order valence-corrected chi connectivity index (χ2v) is 10.2. The van der Waals surface area contributed by atoms with Gasteiger partial charge in [-0.15, -0.1) is 0 Å². The number of nitrogens with zero attached hydrogens (tertiary/aromatic N) is 3. The number of nitrogens with one attached hydrogen (secondary N) is 1. The van der Waals surface area contributed by atoms with Gasteiger partial charge in [0.1, 0.15) is 12.7 Å². The minimum absolute atomic E-state index is 0.0663. The molecule has 2 aliphatic rings. The Morgan fingerprint density at radius 1 is 1.00 bits per heavy atom. The van der Waals surface area contributed by atoms with Crippen LogP contribution in [-0.4, -0.2) is 71.4 Å². The molecular formula is C32H34N4O8. The number of rotatable bonds is 11. The molecule has 44 heavy (non-hydrogen) atoms. The number of carbonyl (C=O) groups excluding carboxylic acids is 1. The van der Waals surface area contributed by atoms with E-state index in [0.29, 0.717) is 48.2 Å². The Kier molecular flexibility index (Phi) is 8.87. The van der Waals surface area contributed by atoms with Crippen molar-refractivity contribution in [3.63, 3.8) is 0 Å². The van der Waals surface area contributed by atoms with Crippen LogP contribution in [0, 0.1) is 0 Å². The maximum Gasteiger partial charge on any atom is 0.340 e. The average molecular weight is 603 g/mol. The topological polar surface area (TPSA) is 135 Å². The summed E-state index contributed by atoms with van der Waals surface area (Å²) in [6.07, 6.45) is -1.67. The highest BCUT2D eigenvalue weighted by Crippen LogP contribution is 2.29. The molecule has 3 aromatic carbocycles. The van der Waals surface area contributed by atoms with E-state index in [4.69, 9.17) is 28.5 Å². The van der Waals surface area contributed by atoms with Crippen LogP contribution in [0.5, 0.6) is 6.01 Å². The molecule has 6 rings (SSSR count). The molecule has 12 nitrogen and oxygen atoms in total. The molecule has 4 atom stereocenters. The predicted octanol–water partition coefficient (Wildman–Crippen LogP) is 3.99. The molecule has 1 fully saturated rings. The number of amidine groups is 1. The summed E-state index contributed by atoms with van der Waals surface area (Å²) in [6, 6.07) is 21.8. The first-order valence-corrected chi connectivity index (χ1v) is 14.5. The molecule has 12 heteroatoms. The lowest BCUT2D eigenvalue weighted by Gasteiger charge is -2.15. The zero-order chi connectivity index (χ0) is 30.6. The summed E-state index contributed by atoms with van der Waals surface area (Å²) >= 11 is 0. The number of hydrogen-bond donors (Lipinski definition) is 2. The minimum Gasteiger partial charge on any atom is -0.465 e. The van der Waals surface area contributed by atoms with Crippen LogP contribution < -0.4 is 10.2 Å². The number of aliphatic imine (C=N–C) groups is 1. The highest BCUT2D eigenvalue weighted by Gasteiger charge is 2.33. The summed E-state index contributed by atoms with van der Waals surface area (Å²) in [6.45, 7) is 5.41. The van der Waals surface area contributed by atoms with Gasteiger partial charge in [0, 0.05) is 12.2 Å². The predicted molar refractivity (Wildman–Crippen MR) is 160 cm³/mol. The van der Waals surface area contributed by atoms with Crippen molar-refractivity contribution in [1.82, 2.24) is 15.0 Å². The van der Waals surface area contributed by atoms with E-state index in [1.54, 1.807) is 19.1 Å². The largest absolute Gasteiger partial charge is 0.465 e. The molecular weight excluding hydrogens is 568 g/mol. The molecule has 0 bridgehead atoms. The summed E-state index contributed by atoms with van der Waals surface area (Å²) in [5, 5.41) is 9.57. The second kappa shape index (κ2) is 13.1. The number of hydrogen-bond acceptors (Lipinski definition) is 11. The van der Waals surface area contributed by atoms with Crippen LogP contribution in [0.15, 0.2) is 71.7 Å². The Labute approximate surface area is 254 Å². The number of imidazole rings is 1. The van der Waals surface area contributed by atoms with Gasteiger partial charge in [0.25, 0.3) is 18.9 Å². The van der Waals surface area contributed by atoms with Gasteiger partial charge < -0.3 is 28.8 Å². The SMILES string of the molecule is CCOc1nc2cccc(C(=O)OCC3OC(O)OC3C)c2n1Cc1ccc(-c2ccccc2C2=NC(OCC)ON2)cc1. The quantitative estimate of drug-likeness (QED) is 0.243. The Hall–Kier alpha value is -4.33. The summed E-state index contributed by atoms with van der Waals surface area (Å²) in [4.78, 5) is 27.9. The van der Waals surface area contributed by atoms with E-state index in [-0.39, 0.29) is 6.61 Å². The van der Waals surface area contributed by atoms with Crippen LogP contribution in [0.4, 0.5) is 0 Å². The van der Waals surface area contributed by atoms with Crippen molar-refractivity contribution in [3.8, 4) is 17.1 Å². The number of esters is 1. The molecule has 0 amide bonds. The number of aromatic nitrogens is 2. The van der Waals surface area contributed by atoms with E-state index in [2.05, 4.69) is 15.5 Å². The third kappa shape index (κ3) is 6.16. The van der Waals surface area contributed by atoms with Crippen molar-refractivity contribution >= 4 is 22.8 Å². The number of aliphatic hydroxyl groups excluding tert-OH is 1. The van der Waals surface area contributed by atoms with Gasteiger partial charge in [-0.3, -0.25) is 4.57 Å². The Morgan fingerprint density at radius 2 is 1.80 bits per heavy atom. The second-order valence-electron chi connectivity index (χ2n) is 10.2. The first-order chi connectivity index (χ1) is 21.4. The molecule has 4 aromatic rings. The van der Waals surface area contributed by atoms with E-state index in [9.17, 15) is 9.90 Å². The smallest absolute Gasteiger partial charge is 0.340 e. The normalized spacial score (nSPS) is 21.3. The number of carbonyl (C=O) groups is 1. The van der Waals surface area contributed by atoms with Gasteiger partial charge in [0.05, 0.1) is 35.9 Å². The number of benzene rings is 3. The van der Waals surface area contributed by atoms with Gasteiger partial charge >= 0.3 is 5.97 Å². The van der Waals surface area contributed by atoms with Crippen LogP contribution in [0.1, 0.15) is 42.3 Å². The fraction of sp³-hybridized carbons (Fsp3) is 0.344. The maximum absolute atomic E-state index is 13.3. The van der Waals surface area contributed by atoms with Gasteiger partial charge in [-0.05, 0) is 49.6 Å². The van der Waals surface area contributed by atoms with Crippen LogP contribution in [-0.2, 0) is 30.3 Å². The molecule has 0 radical (unpaired) electrons. The Bertz CT molecular complexity index is 1650. The highest BCUT2D eigenvalue weighted by atomic mass is 16.8. The van der Waals surface area contributed by atoms with E-state index in [0.717, 1.165) is 22.3 Å². The van der Waals surface area contributed by atoms with E-state index in [1.807, 2.05) is 73.0 Å². The summed E-state index contributed by atoms with van der Waals surface area (Å²) in [5.41, 5.74) is 8.27. The molecule has 1 aromatic heterocycles. The molecule has 3 heterocycles. The highest BCUT2D eigenvalue weighted by molar-refractivity contribution is 6.04. The monoisotopic (exact) mass is 602 g/mol. The summed E-state index contributed by atoms with van der Waals surface area (Å²) in [7, 11) is 0. The number of hydroxylamine groups is 1. The average Bonchev–Trinajstić information content (AvgIpc) is 3.73. The van der Waals surface area contributed by atoms with Crippen LogP contribution in [0.3, 0.4) is 0 Å². The Morgan fingerprint density at radius 3 is 2.52 bits per heavy atom. The fourth-order valence-electron chi connectivity index (χ4n) is 5.21. The Balaban J connectivity index is 1.26. The molecule has 0 spiro atoms. The lowest BCUT2D eigenvalue weighted by Crippen LogP contribution is -2.27. The fourth-order valence-corrected chi connectivity index (χ4v) is 5.21. The van der Waals surface area contributed by atoms with Gasteiger partial charge in [-0.25, -0.2) is 20.1 Å². The zero-order valence-electron chi connectivity index (χ0n) is 24.6. The molecule has 230 valence electrons. The van der Waals surface area contributed by atoms with Crippen LogP contribution in [0.25, 0.3) is 22.2 Å². The van der Waals surface area contributed by atoms with Crippen LogP contribution in [0.2, 0.25) is 0 Å². The van der Waals surface area contributed by atoms with Crippen molar-refractivity contribution in [2.45, 2.75) is 52.4 Å². The standard InChI is InChI=1S/C32H34N4O8/c1-4-39-30-33-25-12-8-11-24(29(37)41-18-26-19(3)42-32(38)43-26)27(25)36(30)17-20-13-15-21(16-14-20)22-9-6-7-10-23(22)28-34-31(40-5-2)44-35-28/h6-16,19,26,31-32,38H,4-5,17-18H2,1-3H3,(H,34,35). The van der Waals surface area contributed by atoms with Crippen LogP contribution >= 0.6 is 0 Å². The summed E-state index contributed by atoms with van der Waals surface area (Å²) in [5.74, 6) is 0.0642. The lowest BCUT2D eigenvalue weighted by atomic mass is 9.98. The number of fused-ring (bicyclic) bond motifs is 1. The van der Waals surface area contributed by atoms with Gasteiger partial charge in [-0.1, -0.05) is 54.6 Å². The zero-order valence-corrected chi connectivity index (χ0v) is 24.6. The molecule has 0 saturated carbocycles. The summed E-state index contributed by atoms with van der Waals surface area (Å²) < 4.78 is 29.2. The first-order valence-electron chi connectivity index (χ1n) is 14.5. The van der Waals surface area contributed by atoms with Crippen molar-refractivity contribution < 1.29 is 38.4 Å². The number of ether oxygens (including phenoxy) is 5. The number of aliphatic hydroxyl groups is 1. The third-order valence-electron chi connectivity index (χ3n) is 7.34. The van der Waals surface area contributed by atoms with Crippen molar-refractivity contribution in [1.29, 1.82) is 0 Å². The molecule has 4 unspecified atom stereocenters. The molecule has 2 N–H and O–H groups in total. The van der Waals surface area contributed by atoms with Crippen molar-refractivity contribution in [2.75, 3.05) is 19.8 Å². The minimum atomic E-state index is -1.33.